The van der Waals surface area contributed by atoms with Crippen LogP contribution >= 0.6 is 0 Å². The first-order chi connectivity index (χ1) is 9.37. The normalized spacial score (nSPS) is 22.5. The molecule has 1 saturated heterocycles. The van der Waals surface area contributed by atoms with Crippen LogP contribution in [0.5, 0.6) is 0 Å². The topological polar surface area (TPSA) is 36.9 Å². The Kier molecular flexibility index (Phi) is 6.93. The lowest BCUT2D eigenvalue weighted by atomic mass is 10.3. The van der Waals surface area contributed by atoms with Gasteiger partial charge in [0.05, 0.1) is 13.2 Å². The van der Waals surface area contributed by atoms with Crippen LogP contribution < -0.4 is 0 Å². The van der Waals surface area contributed by atoms with Gasteiger partial charge in [0, 0.05) is 6.42 Å². The molecule has 120 valence electrons. The highest BCUT2D eigenvalue weighted by molar-refractivity contribution is 6.59. The minimum absolute atomic E-state index is 0.101. The first-order valence-corrected chi connectivity index (χ1v) is 8.76. The Labute approximate surface area is 119 Å². The van der Waals surface area contributed by atoms with Crippen molar-refractivity contribution >= 4 is 9.08 Å². The monoisotopic (exact) mass is 316 g/mol. The van der Waals surface area contributed by atoms with Crippen LogP contribution in [-0.4, -0.2) is 40.3 Å². The Bertz CT molecular complexity index is 282. The minimum atomic E-state index is -5.85. The minimum Gasteiger partial charge on any atom is -0.344 e. The summed E-state index contributed by atoms with van der Waals surface area (Å²) in [5.41, 5.74) is -1.70. The van der Waals surface area contributed by atoms with Gasteiger partial charge in [-0.1, -0.05) is 20.8 Å². The number of hydrogen-bond donors (Lipinski definition) is 0. The molecule has 2 atom stereocenters. The number of rotatable bonds is 8. The molecule has 1 aliphatic rings. The zero-order valence-corrected chi connectivity index (χ0v) is 13.2. The highest BCUT2D eigenvalue weighted by Crippen LogP contribution is 2.29. The van der Waals surface area contributed by atoms with Gasteiger partial charge in [-0.25, -0.2) is 12.3 Å². The number of ether oxygens (including phenoxy) is 4. The zero-order valence-electron chi connectivity index (χ0n) is 12.2. The summed E-state index contributed by atoms with van der Waals surface area (Å²) < 4.78 is 60.2. The molecule has 1 heterocycles. The van der Waals surface area contributed by atoms with E-state index in [9.17, 15) is 12.3 Å². The van der Waals surface area contributed by atoms with Crippen molar-refractivity contribution in [1.29, 1.82) is 0 Å². The van der Waals surface area contributed by atoms with Crippen molar-refractivity contribution < 1.29 is 31.3 Å². The van der Waals surface area contributed by atoms with Gasteiger partial charge in [-0.15, -0.1) is 0 Å². The molecule has 0 amide bonds. The van der Waals surface area contributed by atoms with E-state index in [-0.39, 0.29) is 6.42 Å². The van der Waals surface area contributed by atoms with E-state index in [1.807, 2.05) is 0 Å². The molecule has 0 bridgehead atoms. The molecule has 1 aliphatic heterocycles. The Hall–Kier alpha value is -0.153. The van der Waals surface area contributed by atoms with E-state index < -0.39 is 27.1 Å². The molecule has 1 fully saturated rings. The highest BCUT2D eigenvalue weighted by Gasteiger charge is 2.49. The molecule has 0 aliphatic carbocycles. The molecular weight excluding hydrogens is 293 g/mol. The van der Waals surface area contributed by atoms with E-state index in [4.69, 9.17) is 18.9 Å². The largest absolute Gasteiger partial charge is 0.646 e. The summed E-state index contributed by atoms with van der Waals surface area (Å²) in [4.78, 5) is 0. The van der Waals surface area contributed by atoms with Crippen molar-refractivity contribution in [2.75, 3.05) is 13.2 Å². The Morgan fingerprint density at radius 3 is 2.10 bits per heavy atom. The molecule has 20 heavy (non-hydrogen) atoms. The second kappa shape index (κ2) is 7.74. The summed E-state index contributed by atoms with van der Waals surface area (Å²) in [5.74, 6) is -1.27. The first-order valence-electron chi connectivity index (χ1n) is 7.04. The Balaban J connectivity index is 2.65. The maximum Gasteiger partial charge on any atom is 0.646 e. The van der Waals surface area contributed by atoms with E-state index in [0.717, 1.165) is 6.42 Å². The summed E-state index contributed by atoms with van der Waals surface area (Å²) in [7, 11) is -5.85. The van der Waals surface area contributed by atoms with Crippen LogP contribution in [0.4, 0.5) is 12.3 Å². The van der Waals surface area contributed by atoms with Crippen LogP contribution in [0.3, 0.4) is 0 Å². The molecule has 2 unspecified atom stereocenters. The van der Waals surface area contributed by atoms with Gasteiger partial charge in [0.2, 0.25) is 0 Å². The molecule has 0 radical (unpaired) electrons. The van der Waals surface area contributed by atoms with Crippen molar-refractivity contribution in [3.05, 3.63) is 0 Å². The fourth-order valence-corrected chi connectivity index (χ4v) is 2.68. The van der Waals surface area contributed by atoms with Gasteiger partial charge in [0.25, 0.3) is 5.97 Å². The van der Waals surface area contributed by atoms with Crippen molar-refractivity contribution in [2.24, 2.45) is 0 Å². The predicted octanol–water partition coefficient (Wildman–Crippen LogP) is 3.42. The lowest BCUT2D eigenvalue weighted by molar-refractivity contribution is -0.436. The van der Waals surface area contributed by atoms with E-state index in [0.29, 0.717) is 26.1 Å². The summed E-state index contributed by atoms with van der Waals surface area (Å²) in [6.07, 6.45) is 0.363. The lowest BCUT2D eigenvalue weighted by Crippen LogP contribution is -2.48. The van der Waals surface area contributed by atoms with Crippen molar-refractivity contribution in [3.63, 3.8) is 0 Å². The van der Waals surface area contributed by atoms with Crippen molar-refractivity contribution in [2.45, 2.75) is 64.4 Å². The van der Waals surface area contributed by atoms with E-state index in [1.54, 1.807) is 13.8 Å². The van der Waals surface area contributed by atoms with Gasteiger partial charge in [-0.05, 0) is 19.3 Å². The van der Waals surface area contributed by atoms with Crippen LogP contribution in [0.25, 0.3) is 0 Å². The second-order valence-corrected chi connectivity index (χ2v) is 6.34. The molecule has 0 aromatic heterocycles. The van der Waals surface area contributed by atoms with Crippen LogP contribution in [0, 0.1) is 0 Å². The molecule has 0 aromatic rings. The maximum absolute atomic E-state index is 12.9. The molecule has 0 spiro atoms. The summed E-state index contributed by atoms with van der Waals surface area (Å²) >= 11 is 0. The van der Waals surface area contributed by atoms with Crippen LogP contribution in [0.2, 0.25) is 0 Å². The van der Waals surface area contributed by atoms with Crippen molar-refractivity contribution in [1.82, 2.24) is 0 Å². The summed E-state index contributed by atoms with van der Waals surface area (Å²) in [5, 5.41) is 0. The van der Waals surface area contributed by atoms with Crippen LogP contribution in [0.15, 0.2) is 0 Å². The third kappa shape index (κ3) is 4.99. The average molecular weight is 316 g/mol. The van der Waals surface area contributed by atoms with Gasteiger partial charge in [0.1, 0.15) is 5.73 Å². The second-order valence-electron chi connectivity index (χ2n) is 4.62. The van der Waals surface area contributed by atoms with E-state index in [2.05, 4.69) is 0 Å². The maximum atomic E-state index is 12.9. The van der Waals surface area contributed by atoms with Gasteiger partial charge in [-0.2, -0.15) is 0 Å². The summed E-state index contributed by atoms with van der Waals surface area (Å²) in [6.45, 7) is 5.90. The number of halogens is 3. The molecule has 4 nitrogen and oxygen atoms in total. The van der Waals surface area contributed by atoms with Crippen LogP contribution in [-0.2, 0) is 18.9 Å². The van der Waals surface area contributed by atoms with Gasteiger partial charge in [0.15, 0.2) is 6.29 Å². The molecule has 0 aromatic carbocycles. The Morgan fingerprint density at radius 2 is 1.70 bits per heavy atom. The fraction of sp³-hybridized carbons (Fsp3) is 1.00. The molecule has 0 saturated carbocycles. The van der Waals surface area contributed by atoms with Gasteiger partial charge < -0.3 is 14.2 Å². The Morgan fingerprint density at radius 1 is 1.10 bits per heavy atom. The predicted molar refractivity (Wildman–Crippen MR) is 68.9 cm³/mol. The quantitative estimate of drug-likeness (QED) is 0.391. The van der Waals surface area contributed by atoms with Crippen LogP contribution in [0.1, 0.15) is 46.5 Å². The lowest BCUT2D eigenvalue weighted by Gasteiger charge is -2.38. The zero-order chi connectivity index (χ0) is 15.2. The third-order valence-electron chi connectivity index (χ3n) is 3.06. The van der Waals surface area contributed by atoms with E-state index >= 15 is 0 Å². The number of hydrogen-bond acceptors (Lipinski definition) is 4. The van der Waals surface area contributed by atoms with Gasteiger partial charge >= 0.3 is 9.08 Å². The highest BCUT2D eigenvalue weighted by atomic mass is 28.5. The molecule has 0 N–H and O–H groups in total. The average Bonchev–Trinajstić information content (AvgIpc) is 2.43. The SMILES string of the molecule is CCC(OC(CC)[Si](F)(F)F)OC1(CC)OCCCO1. The third-order valence-corrected chi connectivity index (χ3v) is 4.34. The van der Waals surface area contributed by atoms with Crippen molar-refractivity contribution in [3.8, 4) is 0 Å². The summed E-state index contributed by atoms with van der Waals surface area (Å²) in [6, 6.07) is 0. The molecule has 1 rings (SSSR count). The fourth-order valence-electron chi connectivity index (χ4n) is 1.91. The molecular formula is C12H23F3O4Si. The standard InChI is InChI=1S/C12H23F3O4Si/c1-4-10(18-11(5-2)20(13,14)15)19-12(6-3)16-8-7-9-17-12/h10-11H,4-9H2,1-3H3. The van der Waals surface area contributed by atoms with Gasteiger partial charge in [-0.3, -0.25) is 4.74 Å². The smallest absolute Gasteiger partial charge is 0.344 e. The first kappa shape index (κ1) is 17.9. The van der Waals surface area contributed by atoms with E-state index in [1.165, 1.54) is 6.92 Å². The molecule has 8 heteroatoms.